The fourth-order valence-corrected chi connectivity index (χ4v) is 5.85. The summed E-state index contributed by atoms with van der Waals surface area (Å²) in [6.45, 7) is 10.1. The van der Waals surface area contributed by atoms with Gasteiger partial charge in [-0.3, -0.25) is 24.5 Å². The molecule has 0 radical (unpaired) electrons. The van der Waals surface area contributed by atoms with Gasteiger partial charge < -0.3 is 14.5 Å². The number of imide groups is 1. The normalized spacial score (nSPS) is 25.2. The molecule has 4 heterocycles. The molecule has 0 saturated carbocycles. The predicted octanol–water partition coefficient (Wildman–Crippen LogP) is 2.81. The first-order valence-corrected chi connectivity index (χ1v) is 13.9. The lowest BCUT2D eigenvalue weighted by atomic mass is 9.93. The maximum atomic E-state index is 15.0. The number of carbonyl (C=O) groups is 3. The molecule has 3 amide bonds. The predicted molar refractivity (Wildman–Crippen MR) is 145 cm³/mol. The van der Waals surface area contributed by atoms with Crippen LogP contribution in [-0.4, -0.2) is 95.1 Å². The van der Waals surface area contributed by atoms with Gasteiger partial charge in [0.15, 0.2) is 0 Å². The van der Waals surface area contributed by atoms with Gasteiger partial charge in [0.1, 0.15) is 11.8 Å². The highest BCUT2D eigenvalue weighted by Crippen LogP contribution is 2.32. The third-order valence-electron chi connectivity index (χ3n) is 7.99. The number of benzene rings is 1. The summed E-state index contributed by atoms with van der Waals surface area (Å²) in [5.74, 6) is -1.02. The number of likely N-dealkylation sites (tertiary alicyclic amines) is 1. The van der Waals surface area contributed by atoms with Crippen LogP contribution in [0, 0.1) is 5.92 Å². The Bertz CT molecular complexity index is 1250. The van der Waals surface area contributed by atoms with Crippen LogP contribution < -0.4 is 10.2 Å². The molecule has 0 spiro atoms. The Morgan fingerprint density at radius 3 is 2.54 bits per heavy atom. The largest absolute Gasteiger partial charge is 0.444 e. The molecule has 1 N–H and O–H groups in total. The van der Waals surface area contributed by atoms with Crippen LogP contribution in [0.5, 0.6) is 0 Å². The van der Waals surface area contributed by atoms with E-state index in [-0.39, 0.29) is 24.3 Å². The minimum atomic E-state index is -1.06. The number of hydrogen-bond acceptors (Lipinski definition) is 7. The molecule has 39 heavy (non-hydrogen) atoms. The van der Waals surface area contributed by atoms with E-state index in [0.29, 0.717) is 38.0 Å². The van der Waals surface area contributed by atoms with Crippen molar-refractivity contribution >= 4 is 34.5 Å². The Morgan fingerprint density at radius 1 is 1.13 bits per heavy atom. The van der Waals surface area contributed by atoms with Crippen molar-refractivity contribution in [1.82, 2.24) is 24.9 Å². The Labute approximate surface area is 228 Å². The molecule has 3 fully saturated rings. The minimum Gasteiger partial charge on any atom is -0.444 e. The van der Waals surface area contributed by atoms with E-state index in [2.05, 4.69) is 32.3 Å². The molecule has 3 saturated heterocycles. The Morgan fingerprint density at radius 2 is 1.87 bits per heavy atom. The van der Waals surface area contributed by atoms with Gasteiger partial charge in [0, 0.05) is 69.7 Å². The van der Waals surface area contributed by atoms with Crippen molar-refractivity contribution in [3.63, 3.8) is 0 Å². The highest BCUT2D eigenvalue weighted by molar-refractivity contribution is 6.02. The molecule has 3 atom stereocenters. The minimum absolute atomic E-state index is 0.0884. The molecule has 212 valence electrons. The molecule has 11 heteroatoms. The maximum Gasteiger partial charge on any atom is 0.410 e. The Hall–Kier alpha value is -3.21. The van der Waals surface area contributed by atoms with E-state index in [0.717, 1.165) is 42.8 Å². The quantitative estimate of drug-likeness (QED) is 0.593. The van der Waals surface area contributed by atoms with Gasteiger partial charge in [0.05, 0.1) is 23.7 Å². The molecule has 1 aromatic carbocycles. The van der Waals surface area contributed by atoms with Crippen LogP contribution in [0.4, 0.5) is 14.9 Å². The summed E-state index contributed by atoms with van der Waals surface area (Å²) < 4.78 is 22.2. The number of rotatable bonds is 4. The van der Waals surface area contributed by atoms with Crippen molar-refractivity contribution in [2.45, 2.75) is 57.7 Å². The van der Waals surface area contributed by atoms with Crippen LogP contribution in [0.25, 0.3) is 10.9 Å². The monoisotopic (exact) mass is 542 g/mol. The summed E-state index contributed by atoms with van der Waals surface area (Å²) >= 11 is 0. The molecular formula is C28H39FN6O4. The van der Waals surface area contributed by atoms with Crippen molar-refractivity contribution in [2.24, 2.45) is 13.0 Å². The van der Waals surface area contributed by atoms with E-state index >= 15 is 4.39 Å². The van der Waals surface area contributed by atoms with E-state index in [1.165, 1.54) is 4.90 Å². The van der Waals surface area contributed by atoms with Crippen molar-refractivity contribution in [2.75, 3.05) is 50.7 Å². The van der Waals surface area contributed by atoms with Gasteiger partial charge in [-0.1, -0.05) is 0 Å². The number of carbonyl (C=O) groups excluding carboxylic acids is 3. The van der Waals surface area contributed by atoms with Crippen LogP contribution >= 0.6 is 0 Å². The number of nitrogens with one attached hydrogen (secondary N) is 1. The summed E-state index contributed by atoms with van der Waals surface area (Å²) in [5, 5.41) is 8.00. The molecule has 5 rings (SSSR count). The van der Waals surface area contributed by atoms with Crippen LogP contribution in [0.1, 0.15) is 51.6 Å². The van der Waals surface area contributed by atoms with Gasteiger partial charge >= 0.3 is 6.09 Å². The van der Waals surface area contributed by atoms with Gasteiger partial charge in [-0.05, 0) is 51.8 Å². The number of halogens is 1. The smallest absolute Gasteiger partial charge is 0.410 e. The first-order valence-electron chi connectivity index (χ1n) is 13.9. The SMILES string of the molecule is Cn1nc(C2CCC(=O)NC2=O)c2ccc(N3CCN(C[C@@H]4CCN(C(=O)OC(C)(C)C)C[C@H]4F)CC3)cc21. The molecule has 1 unspecified atom stereocenters. The van der Waals surface area contributed by atoms with Crippen molar-refractivity contribution < 1.29 is 23.5 Å². The lowest BCUT2D eigenvalue weighted by Gasteiger charge is -2.40. The second-order valence-electron chi connectivity index (χ2n) is 12.0. The lowest BCUT2D eigenvalue weighted by molar-refractivity contribution is -0.134. The van der Waals surface area contributed by atoms with Crippen LogP contribution in [0.2, 0.25) is 0 Å². The number of piperazine rings is 1. The maximum absolute atomic E-state index is 15.0. The molecule has 1 aromatic heterocycles. The van der Waals surface area contributed by atoms with Gasteiger partial charge in [0.2, 0.25) is 11.8 Å². The standard InChI is InChI=1S/C28H39FN6O4/c1-28(2,3)39-27(38)35-10-9-18(22(29)17-35)16-33-11-13-34(14-12-33)19-5-6-20-23(15-19)32(4)31-25(20)21-7-8-24(36)30-26(21)37/h5-6,15,18,21-22H,7-14,16-17H2,1-4H3,(H,30,36,37)/t18-,21?,22+/m0/s1. The average molecular weight is 543 g/mol. The molecule has 10 nitrogen and oxygen atoms in total. The lowest BCUT2D eigenvalue weighted by Crippen LogP contribution is -2.52. The van der Waals surface area contributed by atoms with Crippen molar-refractivity contribution in [3.05, 3.63) is 23.9 Å². The summed E-state index contributed by atoms with van der Waals surface area (Å²) in [6.07, 6.45) is -0.0712. The van der Waals surface area contributed by atoms with E-state index < -0.39 is 23.8 Å². The number of ether oxygens (including phenoxy) is 1. The topological polar surface area (TPSA) is 100 Å². The fraction of sp³-hybridized carbons (Fsp3) is 0.643. The number of piperidine rings is 2. The highest BCUT2D eigenvalue weighted by atomic mass is 19.1. The van der Waals surface area contributed by atoms with Crippen LogP contribution in [0.15, 0.2) is 18.2 Å². The molecule has 3 aliphatic heterocycles. The molecule has 3 aliphatic rings. The number of hydrogen-bond donors (Lipinski definition) is 1. The zero-order valence-corrected chi connectivity index (χ0v) is 23.3. The number of fused-ring (bicyclic) bond motifs is 1. The number of anilines is 1. The first kappa shape index (κ1) is 27.4. The average Bonchev–Trinajstić information content (AvgIpc) is 3.20. The zero-order valence-electron chi connectivity index (χ0n) is 23.3. The van der Waals surface area contributed by atoms with Gasteiger partial charge in [-0.15, -0.1) is 0 Å². The zero-order chi connectivity index (χ0) is 27.9. The van der Waals surface area contributed by atoms with Crippen LogP contribution in [-0.2, 0) is 21.4 Å². The van der Waals surface area contributed by atoms with Gasteiger partial charge in [-0.2, -0.15) is 5.10 Å². The molecule has 0 aliphatic carbocycles. The fourth-order valence-electron chi connectivity index (χ4n) is 5.85. The molecular weight excluding hydrogens is 503 g/mol. The number of aryl methyl sites for hydroxylation is 1. The number of nitrogens with zero attached hydrogens (tertiary/aromatic N) is 5. The van der Waals surface area contributed by atoms with Crippen molar-refractivity contribution in [3.8, 4) is 0 Å². The molecule has 2 aromatic rings. The van der Waals surface area contributed by atoms with Gasteiger partial charge in [-0.25, -0.2) is 9.18 Å². The summed E-state index contributed by atoms with van der Waals surface area (Å²) in [7, 11) is 1.88. The van der Waals surface area contributed by atoms with Crippen LogP contribution in [0.3, 0.4) is 0 Å². The first-order chi connectivity index (χ1) is 18.5. The van der Waals surface area contributed by atoms with E-state index in [9.17, 15) is 14.4 Å². The second-order valence-corrected chi connectivity index (χ2v) is 12.0. The summed E-state index contributed by atoms with van der Waals surface area (Å²) in [5.41, 5.74) is 2.17. The van der Waals surface area contributed by atoms with E-state index in [4.69, 9.17) is 4.74 Å². The summed E-state index contributed by atoms with van der Waals surface area (Å²) in [4.78, 5) is 42.4. The third kappa shape index (κ3) is 6.03. The Balaban J connectivity index is 1.16. The molecule has 0 bridgehead atoms. The number of aromatic nitrogens is 2. The highest BCUT2D eigenvalue weighted by Gasteiger charge is 2.35. The second kappa shape index (κ2) is 10.7. The van der Waals surface area contributed by atoms with E-state index in [1.54, 1.807) is 4.68 Å². The van der Waals surface area contributed by atoms with E-state index in [1.807, 2.05) is 33.9 Å². The number of amides is 3. The van der Waals surface area contributed by atoms with Crippen molar-refractivity contribution in [1.29, 1.82) is 0 Å². The summed E-state index contributed by atoms with van der Waals surface area (Å²) in [6, 6.07) is 6.20. The third-order valence-corrected chi connectivity index (χ3v) is 7.99. The van der Waals surface area contributed by atoms with Gasteiger partial charge in [0.25, 0.3) is 0 Å². The number of alkyl halides is 1. The Kier molecular flexibility index (Phi) is 7.54.